The minimum atomic E-state index is -0.358. The zero-order chi connectivity index (χ0) is 10.1. The van der Waals surface area contributed by atoms with Crippen LogP contribution in [0.2, 0.25) is 0 Å². The molecule has 72 valence electrons. The molecule has 1 rings (SSSR count). The van der Waals surface area contributed by atoms with Crippen LogP contribution in [0.25, 0.3) is 0 Å². The first-order chi connectivity index (χ1) is 5.95. The Hall–Kier alpha value is -1.39. The third-order valence-electron chi connectivity index (χ3n) is 1.52. The third-order valence-corrected chi connectivity index (χ3v) is 1.52. The van der Waals surface area contributed by atoms with Crippen molar-refractivity contribution in [3.05, 3.63) is 11.7 Å². The Kier molecular flexibility index (Phi) is 2.36. The van der Waals surface area contributed by atoms with E-state index in [1.807, 2.05) is 20.8 Å². The van der Waals surface area contributed by atoms with Gasteiger partial charge in [0.25, 0.3) is 0 Å². The number of amides is 1. The van der Waals surface area contributed by atoms with E-state index in [-0.39, 0.29) is 17.2 Å². The number of nitrogens with one attached hydrogen (secondary N) is 1. The number of rotatable bonds is 1. The normalized spacial score (nSPS) is 11.4. The van der Waals surface area contributed by atoms with Crippen LogP contribution in [0, 0.1) is 0 Å². The second-order valence-electron chi connectivity index (χ2n) is 3.75. The number of carbonyl (C=O) groups is 1. The molecule has 0 aliphatic heterocycles. The number of carbonyl (C=O) groups excluding carboxylic acids is 1. The van der Waals surface area contributed by atoms with Crippen LogP contribution in [0.15, 0.2) is 4.52 Å². The van der Waals surface area contributed by atoms with Crippen LogP contribution in [0.5, 0.6) is 0 Å². The molecule has 0 fully saturated rings. The predicted molar refractivity (Wildman–Crippen MR) is 46.4 cm³/mol. The van der Waals surface area contributed by atoms with Gasteiger partial charge >= 0.3 is 11.8 Å². The van der Waals surface area contributed by atoms with Crippen molar-refractivity contribution in [3.63, 3.8) is 0 Å². The minimum Gasteiger partial charge on any atom is -0.351 e. The van der Waals surface area contributed by atoms with Gasteiger partial charge in [0, 0.05) is 12.5 Å². The number of hydrogen-bond acceptors (Lipinski definition) is 4. The smallest absolute Gasteiger partial charge is 0.315 e. The topological polar surface area (TPSA) is 68.0 Å². The van der Waals surface area contributed by atoms with Crippen LogP contribution in [-0.2, 0) is 5.41 Å². The average Bonchev–Trinajstić information content (AvgIpc) is 2.50. The van der Waals surface area contributed by atoms with E-state index in [1.165, 1.54) is 7.05 Å². The SMILES string of the molecule is CNC(=O)c1nc(C(C)(C)C)no1. The maximum absolute atomic E-state index is 11.0. The van der Waals surface area contributed by atoms with Crippen molar-refractivity contribution < 1.29 is 9.32 Å². The molecule has 1 N–H and O–H groups in total. The van der Waals surface area contributed by atoms with Gasteiger partial charge in [-0.25, -0.2) is 0 Å². The molecule has 0 saturated carbocycles. The van der Waals surface area contributed by atoms with E-state index < -0.39 is 0 Å². The summed E-state index contributed by atoms with van der Waals surface area (Å²) >= 11 is 0. The molecule has 1 heterocycles. The molecule has 1 aromatic rings. The lowest BCUT2D eigenvalue weighted by atomic mass is 9.96. The fraction of sp³-hybridized carbons (Fsp3) is 0.625. The van der Waals surface area contributed by atoms with Crippen LogP contribution in [0.1, 0.15) is 37.3 Å². The van der Waals surface area contributed by atoms with E-state index in [2.05, 4.69) is 15.5 Å². The van der Waals surface area contributed by atoms with Gasteiger partial charge in [0.2, 0.25) is 0 Å². The van der Waals surface area contributed by atoms with E-state index in [0.29, 0.717) is 5.82 Å². The van der Waals surface area contributed by atoms with E-state index in [4.69, 9.17) is 4.52 Å². The number of hydrogen-bond donors (Lipinski definition) is 1. The first-order valence-electron chi connectivity index (χ1n) is 4.01. The zero-order valence-electron chi connectivity index (χ0n) is 8.21. The molecule has 0 spiro atoms. The van der Waals surface area contributed by atoms with Crippen molar-refractivity contribution >= 4 is 5.91 Å². The summed E-state index contributed by atoms with van der Waals surface area (Å²) in [5.41, 5.74) is -0.199. The number of aromatic nitrogens is 2. The van der Waals surface area contributed by atoms with Crippen LogP contribution in [-0.4, -0.2) is 23.1 Å². The van der Waals surface area contributed by atoms with Gasteiger partial charge in [0.05, 0.1) is 0 Å². The summed E-state index contributed by atoms with van der Waals surface area (Å²) in [4.78, 5) is 15.0. The van der Waals surface area contributed by atoms with Gasteiger partial charge in [-0.2, -0.15) is 4.98 Å². The van der Waals surface area contributed by atoms with Crippen molar-refractivity contribution in [2.24, 2.45) is 0 Å². The first kappa shape index (κ1) is 9.70. The Morgan fingerprint density at radius 2 is 2.08 bits per heavy atom. The highest BCUT2D eigenvalue weighted by Gasteiger charge is 2.22. The lowest BCUT2D eigenvalue weighted by Crippen LogP contribution is -2.19. The second-order valence-corrected chi connectivity index (χ2v) is 3.75. The van der Waals surface area contributed by atoms with Crippen LogP contribution in [0.3, 0.4) is 0 Å². The van der Waals surface area contributed by atoms with Crippen molar-refractivity contribution in [2.45, 2.75) is 26.2 Å². The third kappa shape index (κ3) is 2.05. The maximum Gasteiger partial charge on any atom is 0.315 e. The van der Waals surface area contributed by atoms with Gasteiger partial charge < -0.3 is 9.84 Å². The van der Waals surface area contributed by atoms with Crippen LogP contribution in [0.4, 0.5) is 0 Å². The molecule has 1 amide bonds. The average molecular weight is 183 g/mol. The Balaban J connectivity index is 2.93. The maximum atomic E-state index is 11.0. The fourth-order valence-electron chi connectivity index (χ4n) is 0.727. The summed E-state index contributed by atoms with van der Waals surface area (Å²) in [7, 11) is 1.52. The predicted octanol–water partition coefficient (Wildman–Crippen LogP) is 0.727. The molecule has 0 aromatic carbocycles. The second kappa shape index (κ2) is 3.16. The molecule has 0 aliphatic rings. The monoisotopic (exact) mass is 183 g/mol. The quantitative estimate of drug-likeness (QED) is 0.696. The van der Waals surface area contributed by atoms with Gasteiger partial charge in [-0.05, 0) is 0 Å². The van der Waals surface area contributed by atoms with Gasteiger partial charge in [-0.3, -0.25) is 4.79 Å². The Labute approximate surface area is 76.5 Å². The summed E-state index contributed by atoms with van der Waals surface area (Å²) in [6.45, 7) is 5.85. The van der Waals surface area contributed by atoms with Gasteiger partial charge in [-0.1, -0.05) is 25.9 Å². The summed E-state index contributed by atoms with van der Waals surface area (Å²) in [6, 6.07) is 0. The molecule has 0 saturated heterocycles. The molecule has 0 unspecified atom stereocenters. The van der Waals surface area contributed by atoms with E-state index in [9.17, 15) is 4.79 Å². The minimum absolute atomic E-state index is 0.00687. The van der Waals surface area contributed by atoms with E-state index in [0.717, 1.165) is 0 Å². The summed E-state index contributed by atoms with van der Waals surface area (Å²) in [5, 5.41) is 6.12. The van der Waals surface area contributed by atoms with Gasteiger partial charge in [0.1, 0.15) is 0 Å². The molecular formula is C8H13N3O2. The fourth-order valence-corrected chi connectivity index (χ4v) is 0.727. The van der Waals surface area contributed by atoms with Crippen LogP contribution >= 0.6 is 0 Å². The van der Waals surface area contributed by atoms with Crippen molar-refractivity contribution in [2.75, 3.05) is 7.05 Å². The highest BCUT2D eigenvalue weighted by atomic mass is 16.5. The summed E-state index contributed by atoms with van der Waals surface area (Å²) in [6.07, 6.45) is 0. The van der Waals surface area contributed by atoms with E-state index in [1.54, 1.807) is 0 Å². The molecular weight excluding hydrogens is 170 g/mol. The molecule has 0 aliphatic carbocycles. The van der Waals surface area contributed by atoms with Gasteiger partial charge in [-0.15, -0.1) is 0 Å². The van der Waals surface area contributed by atoms with E-state index >= 15 is 0 Å². The van der Waals surface area contributed by atoms with Gasteiger partial charge in [0.15, 0.2) is 5.82 Å². The zero-order valence-corrected chi connectivity index (χ0v) is 8.21. The largest absolute Gasteiger partial charge is 0.351 e. The van der Waals surface area contributed by atoms with Crippen molar-refractivity contribution in [3.8, 4) is 0 Å². The standard InChI is InChI=1S/C8H13N3O2/c1-8(2,3)7-10-6(13-11-7)5(12)9-4/h1-4H3,(H,9,12). The van der Waals surface area contributed by atoms with Crippen LogP contribution < -0.4 is 5.32 Å². The van der Waals surface area contributed by atoms with Crippen molar-refractivity contribution in [1.82, 2.24) is 15.5 Å². The molecule has 5 heteroatoms. The molecule has 0 bridgehead atoms. The molecule has 0 atom stereocenters. The summed E-state index contributed by atoms with van der Waals surface area (Å²) in [5.74, 6) is 0.182. The highest BCUT2D eigenvalue weighted by molar-refractivity contribution is 5.89. The lowest BCUT2D eigenvalue weighted by molar-refractivity contribution is 0.0919. The molecule has 13 heavy (non-hydrogen) atoms. The van der Waals surface area contributed by atoms with Crippen molar-refractivity contribution in [1.29, 1.82) is 0 Å². The highest BCUT2D eigenvalue weighted by Crippen LogP contribution is 2.18. The Morgan fingerprint density at radius 1 is 1.46 bits per heavy atom. The Morgan fingerprint density at radius 3 is 2.46 bits per heavy atom. The number of nitrogens with zero attached hydrogens (tertiary/aromatic N) is 2. The molecule has 5 nitrogen and oxygen atoms in total. The Bertz CT molecular complexity index is 311. The molecule has 0 radical (unpaired) electrons. The molecule has 1 aromatic heterocycles. The lowest BCUT2D eigenvalue weighted by Gasteiger charge is -2.10. The first-order valence-corrected chi connectivity index (χ1v) is 4.01. The summed E-state index contributed by atoms with van der Waals surface area (Å²) < 4.78 is 4.77.